The number of hydrogen-bond acceptors (Lipinski definition) is 4. The van der Waals surface area contributed by atoms with Crippen molar-refractivity contribution in [2.24, 2.45) is 5.92 Å². The predicted molar refractivity (Wildman–Crippen MR) is 70.3 cm³/mol. The molecule has 0 saturated heterocycles. The summed E-state index contributed by atoms with van der Waals surface area (Å²) in [5, 5.41) is 11.8. The first-order chi connectivity index (χ1) is 8.33. The number of nitrogens with one attached hydrogen (secondary N) is 1. The summed E-state index contributed by atoms with van der Waals surface area (Å²) in [5.41, 5.74) is 0. The summed E-state index contributed by atoms with van der Waals surface area (Å²) in [4.78, 5) is 10.8. The van der Waals surface area contributed by atoms with Crippen molar-refractivity contribution in [2.75, 3.05) is 12.3 Å². The Morgan fingerprint density at radius 2 is 1.83 bits per heavy atom. The van der Waals surface area contributed by atoms with E-state index in [1.165, 1.54) is 0 Å². The van der Waals surface area contributed by atoms with Gasteiger partial charge < -0.3 is 10.4 Å². The van der Waals surface area contributed by atoms with Crippen molar-refractivity contribution < 1.29 is 18.3 Å². The van der Waals surface area contributed by atoms with E-state index in [-0.39, 0.29) is 23.0 Å². The summed E-state index contributed by atoms with van der Waals surface area (Å²) in [7, 11) is -2.98. The smallest absolute Gasteiger partial charge is 0.306 e. The number of carboxylic acids is 1. The second kappa shape index (κ2) is 6.52. The summed E-state index contributed by atoms with van der Waals surface area (Å²) >= 11 is 0. The molecular formula is C12H23NO4S. The first-order valence-electron chi connectivity index (χ1n) is 6.50. The van der Waals surface area contributed by atoms with Crippen LogP contribution in [0.25, 0.3) is 0 Å². The zero-order chi connectivity index (χ0) is 13.8. The highest BCUT2D eigenvalue weighted by atomic mass is 32.2. The first-order valence-corrected chi connectivity index (χ1v) is 8.22. The van der Waals surface area contributed by atoms with Crippen molar-refractivity contribution in [1.82, 2.24) is 5.32 Å². The highest BCUT2D eigenvalue weighted by Crippen LogP contribution is 2.24. The van der Waals surface area contributed by atoms with Gasteiger partial charge in [-0.1, -0.05) is 0 Å². The Kier molecular flexibility index (Phi) is 5.59. The Hall–Kier alpha value is -0.620. The molecule has 1 aliphatic carbocycles. The van der Waals surface area contributed by atoms with E-state index in [2.05, 4.69) is 5.32 Å². The van der Waals surface area contributed by atoms with Crippen LogP contribution in [0.4, 0.5) is 0 Å². The number of aliphatic carboxylic acids is 1. The Labute approximate surface area is 109 Å². The Morgan fingerprint density at radius 3 is 2.28 bits per heavy atom. The quantitative estimate of drug-likeness (QED) is 0.758. The second-order valence-corrected chi connectivity index (χ2v) is 7.93. The highest BCUT2D eigenvalue weighted by Gasteiger charge is 2.25. The van der Waals surface area contributed by atoms with Gasteiger partial charge >= 0.3 is 5.97 Å². The van der Waals surface area contributed by atoms with Crippen molar-refractivity contribution in [3.05, 3.63) is 0 Å². The molecule has 0 amide bonds. The molecule has 2 N–H and O–H groups in total. The summed E-state index contributed by atoms with van der Waals surface area (Å²) in [6.45, 7) is 3.84. The Bertz CT molecular complexity index is 370. The van der Waals surface area contributed by atoms with Gasteiger partial charge in [0.1, 0.15) is 0 Å². The number of rotatable bonds is 6. The largest absolute Gasteiger partial charge is 0.481 e. The normalized spacial score (nSPS) is 25.3. The first kappa shape index (κ1) is 15.4. The molecule has 1 fully saturated rings. The molecule has 106 valence electrons. The molecule has 5 nitrogen and oxygen atoms in total. The van der Waals surface area contributed by atoms with Gasteiger partial charge in [-0.3, -0.25) is 4.79 Å². The fraction of sp³-hybridized carbons (Fsp3) is 0.917. The van der Waals surface area contributed by atoms with E-state index >= 15 is 0 Å². The molecule has 0 radical (unpaired) electrons. The van der Waals surface area contributed by atoms with Crippen LogP contribution in [0.1, 0.15) is 39.5 Å². The summed E-state index contributed by atoms with van der Waals surface area (Å²) in [6.07, 6.45) is 3.01. The zero-order valence-electron chi connectivity index (χ0n) is 11.1. The maximum atomic E-state index is 11.6. The average molecular weight is 277 g/mol. The van der Waals surface area contributed by atoms with Crippen LogP contribution < -0.4 is 5.32 Å². The van der Waals surface area contributed by atoms with Crippen LogP contribution in [-0.4, -0.2) is 43.1 Å². The maximum absolute atomic E-state index is 11.6. The number of carbonyl (C=O) groups is 1. The fourth-order valence-electron chi connectivity index (χ4n) is 2.19. The van der Waals surface area contributed by atoms with E-state index < -0.39 is 15.8 Å². The average Bonchev–Trinajstić information content (AvgIpc) is 2.29. The molecule has 0 spiro atoms. The van der Waals surface area contributed by atoms with Gasteiger partial charge in [0.2, 0.25) is 0 Å². The molecule has 1 saturated carbocycles. The minimum absolute atomic E-state index is 0.156. The molecule has 0 heterocycles. The van der Waals surface area contributed by atoms with Crippen molar-refractivity contribution in [2.45, 2.75) is 50.8 Å². The van der Waals surface area contributed by atoms with E-state index in [0.717, 1.165) is 12.8 Å². The van der Waals surface area contributed by atoms with Gasteiger partial charge in [0.05, 0.1) is 16.9 Å². The van der Waals surface area contributed by atoms with Crippen LogP contribution in [0.2, 0.25) is 0 Å². The number of carboxylic acid groups (broad SMARTS) is 1. The minimum Gasteiger partial charge on any atom is -0.481 e. The Morgan fingerprint density at radius 1 is 1.28 bits per heavy atom. The molecule has 0 aromatic carbocycles. The van der Waals surface area contributed by atoms with Crippen LogP contribution in [-0.2, 0) is 14.6 Å². The van der Waals surface area contributed by atoms with Gasteiger partial charge in [-0.15, -0.1) is 0 Å². The van der Waals surface area contributed by atoms with E-state index in [0.29, 0.717) is 19.4 Å². The minimum atomic E-state index is -2.98. The molecule has 0 bridgehead atoms. The second-order valence-electron chi connectivity index (χ2n) is 5.26. The van der Waals surface area contributed by atoms with Crippen LogP contribution in [0.3, 0.4) is 0 Å². The monoisotopic (exact) mass is 277 g/mol. The van der Waals surface area contributed by atoms with Crippen molar-refractivity contribution in [3.8, 4) is 0 Å². The van der Waals surface area contributed by atoms with Gasteiger partial charge in [0.15, 0.2) is 9.84 Å². The topological polar surface area (TPSA) is 83.5 Å². The molecule has 18 heavy (non-hydrogen) atoms. The van der Waals surface area contributed by atoms with Crippen LogP contribution in [0.15, 0.2) is 0 Å². The molecule has 0 aliphatic heterocycles. The molecule has 1 aliphatic rings. The van der Waals surface area contributed by atoms with E-state index in [1.54, 1.807) is 13.8 Å². The standard InChI is InChI=1S/C12H23NO4S/c1-9(2)18(16,17)8-7-13-11-5-3-10(4-6-11)12(14)15/h9-11,13H,3-8H2,1-2H3,(H,14,15). The third kappa shape index (κ3) is 4.57. The van der Waals surface area contributed by atoms with Gasteiger partial charge in [0.25, 0.3) is 0 Å². The number of sulfone groups is 1. The lowest BCUT2D eigenvalue weighted by atomic mass is 9.86. The molecule has 1 rings (SSSR count). The van der Waals surface area contributed by atoms with Crippen LogP contribution >= 0.6 is 0 Å². The van der Waals surface area contributed by atoms with Crippen molar-refractivity contribution >= 4 is 15.8 Å². The molecule has 6 heteroatoms. The predicted octanol–water partition coefficient (Wildman–Crippen LogP) is 1.04. The summed E-state index contributed by atoms with van der Waals surface area (Å²) < 4.78 is 23.2. The van der Waals surface area contributed by atoms with Gasteiger partial charge in [0, 0.05) is 12.6 Å². The lowest BCUT2D eigenvalue weighted by Gasteiger charge is -2.27. The highest BCUT2D eigenvalue weighted by molar-refractivity contribution is 7.92. The zero-order valence-corrected chi connectivity index (χ0v) is 11.9. The summed E-state index contributed by atoms with van der Waals surface area (Å²) in [6, 6.07) is 0.267. The van der Waals surface area contributed by atoms with Gasteiger partial charge in [-0.2, -0.15) is 0 Å². The van der Waals surface area contributed by atoms with Crippen LogP contribution in [0.5, 0.6) is 0 Å². The lowest BCUT2D eigenvalue weighted by molar-refractivity contribution is -0.142. The van der Waals surface area contributed by atoms with Crippen molar-refractivity contribution in [1.29, 1.82) is 0 Å². The van der Waals surface area contributed by atoms with E-state index in [1.807, 2.05) is 0 Å². The number of hydrogen-bond donors (Lipinski definition) is 2. The third-order valence-corrected chi connectivity index (χ3v) is 5.82. The van der Waals surface area contributed by atoms with Gasteiger partial charge in [-0.25, -0.2) is 8.42 Å². The van der Waals surface area contributed by atoms with Crippen LogP contribution in [0, 0.1) is 5.92 Å². The van der Waals surface area contributed by atoms with Gasteiger partial charge in [-0.05, 0) is 39.5 Å². The Balaban J connectivity index is 2.25. The lowest BCUT2D eigenvalue weighted by Crippen LogP contribution is -2.38. The third-order valence-electron chi connectivity index (χ3n) is 3.61. The molecular weight excluding hydrogens is 254 g/mol. The maximum Gasteiger partial charge on any atom is 0.306 e. The van der Waals surface area contributed by atoms with E-state index in [4.69, 9.17) is 5.11 Å². The SMILES string of the molecule is CC(C)S(=O)(=O)CCNC1CCC(C(=O)O)CC1. The fourth-order valence-corrected chi connectivity index (χ4v) is 3.06. The molecule has 0 unspecified atom stereocenters. The summed E-state index contributed by atoms with van der Waals surface area (Å²) in [5.74, 6) is -0.776. The molecule has 0 aromatic rings. The molecule has 0 aromatic heterocycles. The van der Waals surface area contributed by atoms with E-state index in [9.17, 15) is 13.2 Å². The molecule has 0 atom stereocenters. The van der Waals surface area contributed by atoms with Crippen molar-refractivity contribution in [3.63, 3.8) is 0 Å².